The molecule has 0 amide bonds. The van der Waals surface area contributed by atoms with Crippen LogP contribution >= 0.6 is 15.9 Å². The maximum atomic E-state index is 13.8. The van der Waals surface area contributed by atoms with Crippen molar-refractivity contribution < 1.29 is 18.3 Å². The van der Waals surface area contributed by atoms with E-state index in [0.29, 0.717) is 10.5 Å². The van der Waals surface area contributed by atoms with E-state index in [4.69, 9.17) is 0 Å². The van der Waals surface area contributed by atoms with E-state index in [1.807, 2.05) is 0 Å². The molecule has 2 aromatic rings. The van der Waals surface area contributed by atoms with Gasteiger partial charge >= 0.3 is 0 Å². The summed E-state index contributed by atoms with van der Waals surface area (Å²) in [5.41, 5.74) is -1.95. The lowest BCUT2D eigenvalue weighted by Gasteiger charge is -2.25. The average molecular weight is 331 g/mol. The Hall–Kier alpha value is -1.33. The zero-order chi connectivity index (χ0) is 14.2. The van der Waals surface area contributed by atoms with Crippen LogP contribution in [0.4, 0.5) is 13.2 Å². The quantitative estimate of drug-likeness (QED) is 0.878. The van der Waals surface area contributed by atoms with Gasteiger partial charge in [0, 0.05) is 16.1 Å². The van der Waals surface area contributed by atoms with Gasteiger partial charge in [-0.05, 0) is 42.8 Å². The highest BCUT2D eigenvalue weighted by Crippen LogP contribution is 2.33. The van der Waals surface area contributed by atoms with E-state index in [1.165, 1.54) is 25.1 Å². The molecule has 0 aliphatic carbocycles. The molecule has 0 heterocycles. The molecular formula is C14H10BrF3O. The SMILES string of the molecule is CC(O)(c1cc(F)cc(F)c1)c1cc(Br)ccc1F. The molecule has 0 saturated heterocycles. The minimum atomic E-state index is -1.84. The molecule has 0 aromatic heterocycles. The van der Waals surface area contributed by atoms with Crippen LogP contribution in [0, 0.1) is 17.5 Å². The molecule has 1 nitrogen and oxygen atoms in total. The van der Waals surface area contributed by atoms with Crippen LogP contribution in [0.3, 0.4) is 0 Å². The highest BCUT2D eigenvalue weighted by Gasteiger charge is 2.30. The van der Waals surface area contributed by atoms with E-state index in [-0.39, 0.29) is 11.1 Å². The molecule has 0 radical (unpaired) electrons. The van der Waals surface area contributed by atoms with E-state index < -0.39 is 23.1 Å². The summed E-state index contributed by atoms with van der Waals surface area (Å²) in [6.07, 6.45) is 0. The minimum absolute atomic E-state index is 0.0537. The Labute approximate surface area is 116 Å². The van der Waals surface area contributed by atoms with Crippen LogP contribution in [0.5, 0.6) is 0 Å². The molecular weight excluding hydrogens is 321 g/mol. The molecule has 1 N–H and O–H groups in total. The second-order valence-corrected chi connectivity index (χ2v) is 5.27. The molecule has 19 heavy (non-hydrogen) atoms. The van der Waals surface area contributed by atoms with Crippen molar-refractivity contribution in [3.8, 4) is 0 Å². The van der Waals surface area contributed by atoms with Gasteiger partial charge in [0.05, 0.1) is 0 Å². The first kappa shape index (κ1) is 14.1. The molecule has 1 unspecified atom stereocenters. The van der Waals surface area contributed by atoms with Crippen molar-refractivity contribution in [2.24, 2.45) is 0 Å². The van der Waals surface area contributed by atoms with Gasteiger partial charge in [-0.3, -0.25) is 0 Å². The van der Waals surface area contributed by atoms with Crippen LogP contribution < -0.4 is 0 Å². The Morgan fingerprint density at radius 2 is 1.58 bits per heavy atom. The van der Waals surface area contributed by atoms with Gasteiger partial charge in [-0.15, -0.1) is 0 Å². The number of rotatable bonds is 2. The number of hydrogen-bond acceptors (Lipinski definition) is 1. The van der Waals surface area contributed by atoms with Crippen molar-refractivity contribution >= 4 is 15.9 Å². The van der Waals surface area contributed by atoms with Crippen LogP contribution in [0.15, 0.2) is 40.9 Å². The van der Waals surface area contributed by atoms with Gasteiger partial charge in [0.1, 0.15) is 23.1 Å². The van der Waals surface area contributed by atoms with Gasteiger partial charge in [0.15, 0.2) is 0 Å². The van der Waals surface area contributed by atoms with Gasteiger partial charge in [-0.1, -0.05) is 15.9 Å². The molecule has 5 heteroatoms. The summed E-state index contributed by atoms with van der Waals surface area (Å²) >= 11 is 3.16. The monoisotopic (exact) mass is 330 g/mol. The lowest BCUT2D eigenvalue weighted by molar-refractivity contribution is 0.0971. The fourth-order valence-electron chi connectivity index (χ4n) is 1.86. The lowest BCUT2D eigenvalue weighted by Crippen LogP contribution is -2.24. The van der Waals surface area contributed by atoms with Crippen molar-refractivity contribution in [2.75, 3.05) is 0 Å². The summed E-state index contributed by atoms with van der Waals surface area (Å²) in [6, 6.07) is 6.66. The first-order valence-corrected chi connectivity index (χ1v) is 6.24. The number of halogens is 4. The standard InChI is InChI=1S/C14H10BrF3O/c1-14(19,8-4-10(16)7-11(17)5-8)12-6-9(15)2-3-13(12)18/h2-7,19H,1H3. The molecule has 1 atom stereocenters. The smallest absolute Gasteiger partial charge is 0.129 e. The highest BCUT2D eigenvalue weighted by atomic mass is 79.9. The van der Waals surface area contributed by atoms with Crippen LogP contribution in [-0.2, 0) is 5.60 Å². The summed E-state index contributed by atoms with van der Waals surface area (Å²) in [6.45, 7) is 1.28. The largest absolute Gasteiger partial charge is 0.381 e. The third-order valence-electron chi connectivity index (χ3n) is 2.88. The van der Waals surface area contributed by atoms with Crippen molar-refractivity contribution in [1.29, 1.82) is 0 Å². The van der Waals surface area contributed by atoms with Crippen molar-refractivity contribution in [1.82, 2.24) is 0 Å². The molecule has 2 aromatic carbocycles. The van der Waals surface area contributed by atoms with Crippen LogP contribution in [0.1, 0.15) is 18.1 Å². The predicted molar refractivity (Wildman–Crippen MR) is 69.1 cm³/mol. The molecule has 0 aliphatic heterocycles. The Kier molecular flexibility index (Phi) is 3.69. The average Bonchev–Trinajstić information content (AvgIpc) is 2.31. The molecule has 0 aliphatic rings. The summed E-state index contributed by atoms with van der Waals surface area (Å²) in [5.74, 6) is -2.31. The van der Waals surface area contributed by atoms with Gasteiger partial charge in [0.25, 0.3) is 0 Å². The number of aliphatic hydroxyl groups is 1. The molecule has 0 bridgehead atoms. The van der Waals surface area contributed by atoms with Crippen molar-refractivity contribution in [2.45, 2.75) is 12.5 Å². The van der Waals surface area contributed by atoms with E-state index in [1.54, 1.807) is 0 Å². The summed E-state index contributed by atoms with van der Waals surface area (Å²) < 4.78 is 40.7. The Bertz CT molecular complexity index is 606. The van der Waals surface area contributed by atoms with Gasteiger partial charge < -0.3 is 5.11 Å². The zero-order valence-electron chi connectivity index (χ0n) is 9.92. The third-order valence-corrected chi connectivity index (χ3v) is 3.37. The van der Waals surface area contributed by atoms with Crippen molar-refractivity contribution in [3.63, 3.8) is 0 Å². The molecule has 0 spiro atoms. The fraction of sp³-hybridized carbons (Fsp3) is 0.143. The number of benzene rings is 2. The minimum Gasteiger partial charge on any atom is -0.381 e. The first-order chi connectivity index (χ1) is 8.80. The molecule has 0 saturated carbocycles. The van der Waals surface area contributed by atoms with E-state index >= 15 is 0 Å². The van der Waals surface area contributed by atoms with E-state index in [0.717, 1.165) is 12.1 Å². The van der Waals surface area contributed by atoms with Crippen LogP contribution in [0.2, 0.25) is 0 Å². The maximum absolute atomic E-state index is 13.8. The topological polar surface area (TPSA) is 20.2 Å². The summed E-state index contributed by atoms with van der Waals surface area (Å²) in [4.78, 5) is 0. The first-order valence-electron chi connectivity index (χ1n) is 5.45. The lowest BCUT2D eigenvalue weighted by atomic mass is 9.88. The molecule has 2 rings (SSSR count). The fourth-order valence-corrected chi connectivity index (χ4v) is 2.22. The summed E-state index contributed by atoms with van der Waals surface area (Å²) in [5, 5.41) is 10.4. The summed E-state index contributed by atoms with van der Waals surface area (Å²) in [7, 11) is 0. The zero-order valence-corrected chi connectivity index (χ0v) is 11.5. The van der Waals surface area contributed by atoms with Gasteiger partial charge in [-0.25, -0.2) is 13.2 Å². The number of hydrogen-bond donors (Lipinski definition) is 1. The molecule has 100 valence electrons. The van der Waals surface area contributed by atoms with Crippen LogP contribution in [-0.4, -0.2) is 5.11 Å². The maximum Gasteiger partial charge on any atom is 0.129 e. The third kappa shape index (κ3) is 2.82. The highest BCUT2D eigenvalue weighted by molar-refractivity contribution is 9.10. The van der Waals surface area contributed by atoms with Gasteiger partial charge in [0.2, 0.25) is 0 Å². The second-order valence-electron chi connectivity index (χ2n) is 4.35. The normalized spacial score (nSPS) is 14.2. The second kappa shape index (κ2) is 4.98. The Balaban J connectivity index is 2.60. The molecule has 0 fully saturated rings. The van der Waals surface area contributed by atoms with Crippen LogP contribution in [0.25, 0.3) is 0 Å². The Morgan fingerprint density at radius 1 is 1.00 bits per heavy atom. The van der Waals surface area contributed by atoms with E-state index in [2.05, 4.69) is 15.9 Å². The predicted octanol–water partition coefficient (Wildman–Crippen LogP) is 4.12. The van der Waals surface area contributed by atoms with Gasteiger partial charge in [-0.2, -0.15) is 0 Å². The Morgan fingerprint density at radius 3 is 2.16 bits per heavy atom. The van der Waals surface area contributed by atoms with Crippen molar-refractivity contribution in [3.05, 3.63) is 69.4 Å². The van der Waals surface area contributed by atoms with E-state index in [9.17, 15) is 18.3 Å².